The molecule has 5 aliphatic carbocycles. The quantitative estimate of drug-likeness (QED) is 0.391. The van der Waals surface area contributed by atoms with Crippen molar-refractivity contribution in [2.24, 2.45) is 50.2 Å². The van der Waals surface area contributed by atoms with E-state index in [1.807, 2.05) is 0 Å². The first-order chi connectivity index (χ1) is 14.6. The highest BCUT2D eigenvalue weighted by Gasteiger charge is 2.70. The summed E-state index contributed by atoms with van der Waals surface area (Å²) in [7, 11) is 0. The molecule has 0 aromatic carbocycles. The van der Waals surface area contributed by atoms with Crippen LogP contribution in [0, 0.1) is 50.2 Å². The molecule has 178 valence electrons. The summed E-state index contributed by atoms with van der Waals surface area (Å²) in [4.78, 5) is 27.0. The van der Waals surface area contributed by atoms with E-state index < -0.39 is 0 Å². The van der Waals surface area contributed by atoms with Crippen LogP contribution in [0.2, 0.25) is 0 Å². The summed E-state index contributed by atoms with van der Waals surface area (Å²) >= 11 is 0. The summed E-state index contributed by atoms with van der Waals surface area (Å²) in [6.07, 6.45) is 12.2. The largest absolute Gasteiger partial charge is 0.299 e. The number of Topliss-reactive ketones (excluding diaryl/α,β-unsaturated/α-hetero) is 1. The van der Waals surface area contributed by atoms with E-state index in [9.17, 15) is 9.59 Å². The van der Waals surface area contributed by atoms with Gasteiger partial charge in [0.25, 0.3) is 0 Å². The molecule has 4 fully saturated rings. The lowest BCUT2D eigenvalue weighted by molar-refractivity contribution is -0.187. The van der Waals surface area contributed by atoms with Crippen molar-refractivity contribution in [1.29, 1.82) is 0 Å². The Kier molecular flexibility index (Phi) is 4.57. The van der Waals surface area contributed by atoms with E-state index in [0.717, 1.165) is 19.3 Å². The first-order valence-corrected chi connectivity index (χ1v) is 13.4. The Morgan fingerprint density at radius 3 is 2.16 bits per heavy atom. The fourth-order valence-corrected chi connectivity index (χ4v) is 10.1. The van der Waals surface area contributed by atoms with Crippen molar-refractivity contribution in [2.75, 3.05) is 0 Å². The maximum Gasteiger partial charge on any atom is 0.159 e. The van der Waals surface area contributed by atoms with Gasteiger partial charge in [0.15, 0.2) is 5.78 Å². The average molecular weight is 439 g/mol. The number of fused-ring (bicyclic) bond motifs is 7. The number of carbonyl (C=O) groups is 2. The van der Waals surface area contributed by atoms with Crippen LogP contribution in [0.15, 0.2) is 11.6 Å². The fourth-order valence-electron chi connectivity index (χ4n) is 10.1. The Morgan fingerprint density at radius 1 is 0.812 bits per heavy atom. The van der Waals surface area contributed by atoms with Gasteiger partial charge >= 0.3 is 0 Å². The van der Waals surface area contributed by atoms with Crippen LogP contribution in [0.4, 0.5) is 0 Å². The second kappa shape index (κ2) is 6.39. The molecule has 32 heavy (non-hydrogen) atoms. The van der Waals surface area contributed by atoms with E-state index in [4.69, 9.17) is 0 Å². The molecule has 2 nitrogen and oxygen atoms in total. The lowest BCUT2D eigenvalue weighted by Gasteiger charge is -2.70. The van der Waals surface area contributed by atoms with Crippen LogP contribution in [-0.2, 0) is 9.59 Å². The van der Waals surface area contributed by atoms with Crippen molar-refractivity contribution in [2.45, 2.75) is 113 Å². The third-order valence-electron chi connectivity index (χ3n) is 12.5. The third-order valence-corrected chi connectivity index (χ3v) is 12.5. The molecular weight excluding hydrogens is 392 g/mol. The molecule has 0 saturated heterocycles. The van der Waals surface area contributed by atoms with Crippen LogP contribution >= 0.6 is 0 Å². The SMILES string of the molecule is CC1(C)CC[C@]2(C)CC[C@]3(C)C(=CC(=O)[C@@H]4[C@@]5(C)CCC(=O)C(C)(C)[C@@H]5CC[C@]43C)[C@@H]2C1. The Labute approximate surface area is 196 Å². The first-order valence-electron chi connectivity index (χ1n) is 13.4. The van der Waals surface area contributed by atoms with Crippen molar-refractivity contribution < 1.29 is 9.59 Å². The van der Waals surface area contributed by atoms with Crippen LogP contribution in [0.25, 0.3) is 0 Å². The molecule has 0 N–H and O–H groups in total. The lowest BCUT2D eigenvalue weighted by Crippen LogP contribution is -2.66. The number of ketones is 2. The highest BCUT2D eigenvalue weighted by molar-refractivity contribution is 5.96. The van der Waals surface area contributed by atoms with E-state index in [1.54, 1.807) is 0 Å². The zero-order valence-corrected chi connectivity index (χ0v) is 22.0. The Balaban J connectivity index is 1.64. The smallest absolute Gasteiger partial charge is 0.159 e. The maximum atomic E-state index is 14.2. The summed E-state index contributed by atoms with van der Waals surface area (Å²) < 4.78 is 0. The highest BCUT2D eigenvalue weighted by atomic mass is 16.1. The van der Waals surface area contributed by atoms with E-state index in [0.29, 0.717) is 40.7 Å². The first kappa shape index (κ1) is 22.9. The van der Waals surface area contributed by atoms with E-state index >= 15 is 0 Å². The zero-order valence-electron chi connectivity index (χ0n) is 22.0. The van der Waals surface area contributed by atoms with Crippen LogP contribution < -0.4 is 0 Å². The van der Waals surface area contributed by atoms with Gasteiger partial charge in [-0.1, -0.05) is 61.0 Å². The van der Waals surface area contributed by atoms with Gasteiger partial charge in [0.05, 0.1) is 0 Å². The Bertz CT molecular complexity index is 908. The van der Waals surface area contributed by atoms with Gasteiger partial charge in [0, 0.05) is 17.8 Å². The van der Waals surface area contributed by atoms with Gasteiger partial charge < -0.3 is 0 Å². The zero-order chi connectivity index (χ0) is 23.5. The van der Waals surface area contributed by atoms with Gasteiger partial charge in [-0.2, -0.15) is 0 Å². The average Bonchev–Trinajstić information content (AvgIpc) is 2.68. The topological polar surface area (TPSA) is 34.1 Å². The van der Waals surface area contributed by atoms with Gasteiger partial charge in [0.1, 0.15) is 5.78 Å². The molecule has 0 radical (unpaired) electrons. The predicted octanol–water partition coefficient (Wildman–Crippen LogP) is 7.56. The minimum Gasteiger partial charge on any atom is -0.299 e. The number of hydrogen-bond donors (Lipinski definition) is 0. The van der Waals surface area contributed by atoms with Gasteiger partial charge in [0.2, 0.25) is 0 Å². The number of allylic oxidation sites excluding steroid dienone is 2. The third kappa shape index (κ3) is 2.65. The standard InChI is InChI=1S/C30H46O2/c1-25(2)13-14-27(5)15-16-29(7)19(20(27)18-25)17-21(31)24-28(6)11-10-23(32)26(3,4)22(28)9-12-30(24,29)8/h17,20,22,24H,9-16,18H2,1-8H3/t20-,22-,24+,27+,28-,29+,30+/m0/s1. The number of hydrogen-bond acceptors (Lipinski definition) is 2. The van der Waals surface area contributed by atoms with Crippen molar-refractivity contribution >= 4 is 11.6 Å². The van der Waals surface area contributed by atoms with E-state index in [1.165, 1.54) is 37.7 Å². The predicted molar refractivity (Wildman–Crippen MR) is 130 cm³/mol. The fraction of sp³-hybridized carbons (Fsp3) is 0.867. The Hall–Kier alpha value is -0.920. The van der Waals surface area contributed by atoms with Crippen molar-refractivity contribution in [1.82, 2.24) is 0 Å². The molecule has 2 heteroatoms. The minimum atomic E-state index is -0.308. The summed E-state index contributed by atoms with van der Waals surface area (Å²) in [5, 5.41) is 0. The molecule has 4 saturated carbocycles. The van der Waals surface area contributed by atoms with E-state index in [2.05, 4.69) is 61.5 Å². The van der Waals surface area contributed by atoms with Crippen LogP contribution in [0.5, 0.6) is 0 Å². The molecule has 0 bridgehead atoms. The Morgan fingerprint density at radius 2 is 1.47 bits per heavy atom. The van der Waals surface area contributed by atoms with Gasteiger partial charge in [-0.3, -0.25) is 9.59 Å². The molecule has 5 rings (SSSR count). The molecule has 0 aliphatic heterocycles. The van der Waals surface area contributed by atoms with E-state index in [-0.39, 0.29) is 27.6 Å². The lowest BCUT2D eigenvalue weighted by atomic mass is 9.33. The molecule has 0 amide bonds. The summed E-state index contributed by atoms with van der Waals surface area (Å²) in [6, 6.07) is 0. The van der Waals surface area contributed by atoms with Crippen LogP contribution in [0.3, 0.4) is 0 Å². The van der Waals surface area contributed by atoms with Crippen molar-refractivity contribution in [3.63, 3.8) is 0 Å². The van der Waals surface area contributed by atoms with Crippen LogP contribution in [-0.4, -0.2) is 11.6 Å². The summed E-state index contributed by atoms with van der Waals surface area (Å²) in [5.41, 5.74) is 1.95. The second-order valence-electron chi connectivity index (χ2n) is 15.0. The summed E-state index contributed by atoms with van der Waals surface area (Å²) in [6.45, 7) is 19.1. The monoisotopic (exact) mass is 438 g/mol. The molecule has 0 spiro atoms. The summed E-state index contributed by atoms with van der Waals surface area (Å²) in [5.74, 6) is 1.72. The highest BCUT2D eigenvalue weighted by Crippen LogP contribution is 2.74. The number of carbonyl (C=O) groups excluding carboxylic acids is 2. The van der Waals surface area contributed by atoms with Gasteiger partial charge in [-0.15, -0.1) is 0 Å². The minimum absolute atomic E-state index is 0.00119. The molecule has 0 aromatic heterocycles. The molecular formula is C30H46O2. The maximum absolute atomic E-state index is 14.2. The second-order valence-corrected chi connectivity index (χ2v) is 15.0. The van der Waals surface area contributed by atoms with Crippen molar-refractivity contribution in [3.8, 4) is 0 Å². The van der Waals surface area contributed by atoms with Crippen molar-refractivity contribution in [3.05, 3.63) is 11.6 Å². The van der Waals surface area contributed by atoms with Crippen LogP contribution in [0.1, 0.15) is 113 Å². The molecule has 0 unspecified atom stereocenters. The molecule has 5 aliphatic rings. The normalized spacial score (nSPS) is 51.6. The number of rotatable bonds is 0. The van der Waals surface area contributed by atoms with Gasteiger partial charge in [-0.25, -0.2) is 0 Å². The molecule has 7 atom stereocenters. The molecule has 0 heterocycles. The van der Waals surface area contributed by atoms with Gasteiger partial charge in [-0.05, 0) is 96.4 Å². The molecule has 0 aromatic rings.